The summed E-state index contributed by atoms with van der Waals surface area (Å²) in [6, 6.07) is 4.54. The van der Waals surface area contributed by atoms with Gasteiger partial charge in [0, 0.05) is 18.5 Å². The van der Waals surface area contributed by atoms with Crippen LogP contribution in [0.1, 0.15) is 17.4 Å². The van der Waals surface area contributed by atoms with E-state index in [-0.39, 0.29) is 0 Å². The fourth-order valence-corrected chi connectivity index (χ4v) is 1.58. The molecule has 0 aliphatic heterocycles. The van der Waals surface area contributed by atoms with E-state index in [2.05, 4.69) is 9.97 Å². The lowest BCUT2D eigenvalue weighted by Gasteiger charge is -2.09. The van der Waals surface area contributed by atoms with Crippen molar-refractivity contribution in [2.45, 2.75) is 12.5 Å². The number of rotatable bonds is 3. The van der Waals surface area contributed by atoms with E-state index in [1.54, 1.807) is 18.5 Å². The smallest absolute Gasteiger partial charge is 0.145 e. The minimum atomic E-state index is -0.610. The maximum absolute atomic E-state index is 13.0. The third kappa shape index (κ3) is 3.04. The second kappa shape index (κ2) is 4.97. The van der Waals surface area contributed by atoms with E-state index in [1.165, 1.54) is 12.1 Å². The van der Waals surface area contributed by atoms with Crippen LogP contribution in [0.3, 0.4) is 0 Å². The lowest BCUT2D eigenvalue weighted by atomic mass is 10.1. The van der Waals surface area contributed by atoms with E-state index in [1.807, 2.05) is 0 Å². The van der Waals surface area contributed by atoms with Gasteiger partial charge in [0.25, 0.3) is 0 Å². The molecule has 1 unspecified atom stereocenters. The predicted molar refractivity (Wildman–Crippen MR) is 59.0 cm³/mol. The van der Waals surface area contributed by atoms with E-state index in [0.29, 0.717) is 17.8 Å². The SMILES string of the molecule is NC(Cc1cc(F)cc(F)c1)c1ncccn1. The average molecular weight is 235 g/mol. The molecule has 0 amide bonds. The van der Waals surface area contributed by atoms with Gasteiger partial charge in [0.05, 0.1) is 6.04 Å². The molecule has 2 rings (SSSR count). The number of aromatic nitrogens is 2. The first-order chi connectivity index (χ1) is 8.15. The maximum Gasteiger partial charge on any atom is 0.145 e. The van der Waals surface area contributed by atoms with Crippen molar-refractivity contribution in [3.05, 3.63) is 59.7 Å². The fraction of sp³-hybridized carbons (Fsp3) is 0.167. The summed E-state index contributed by atoms with van der Waals surface area (Å²) in [5.41, 5.74) is 6.35. The molecule has 1 aromatic heterocycles. The number of nitrogens with zero attached hydrogens (tertiary/aromatic N) is 2. The zero-order valence-corrected chi connectivity index (χ0v) is 8.98. The van der Waals surface area contributed by atoms with E-state index in [4.69, 9.17) is 5.73 Å². The first kappa shape index (κ1) is 11.6. The van der Waals surface area contributed by atoms with Crippen LogP contribution in [0.25, 0.3) is 0 Å². The van der Waals surface area contributed by atoms with Crippen LogP contribution in [0.5, 0.6) is 0 Å². The van der Waals surface area contributed by atoms with Crippen LogP contribution in [0, 0.1) is 11.6 Å². The third-order valence-corrected chi connectivity index (χ3v) is 2.30. The topological polar surface area (TPSA) is 51.8 Å². The molecule has 0 saturated heterocycles. The third-order valence-electron chi connectivity index (χ3n) is 2.30. The molecule has 0 radical (unpaired) electrons. The number of hydrogen-bond acceptors (Lipinski definition) is 3. The Labute approximate surface area is 97.3 Å². The summed E-state index contributed by atoms with van der Waals surface area (Å²) in [4.78, 5) is 7.99. The van der Waals surface area contributed by atoms with Gasteiger partial charge in [-0.3, -0.25) is 0 Å². The van der Waals surface area contributed by atoms with Crippen molar-refractivity contribution < 1.29 is 8.78 Å². The van der Waals surface area contributed by atoms with E-state index in [0.717, 1.165) is 6.07 Å². The molecule has 0 saturated carbocycles. The summed E-state index contributed by atoms with van der Waals surface area (Å²) in [5.74, 6) is -0.764. The molecule has 1 heterocycles. The van der Waals surface area contributed by atoms with Gasteiger partial charge in [0.2, 0.25) is 0 Å². The van der Waals surface area contributed by atoms with Gasteiger partial charge in [-0.1, -0.05) is 0 Å². The van der Waals surface area contributed by atoms with E-state index < -0.39 is 17.7 Å². The van der Waals surface area contributed by atoms with Crippen molar-refractivity contribution in [2.75, 3.05) is 0 Å². The van der Waals surface area contributed by atoms with Crippen LogP contribution in [-0.4, -0.2) is 9.97 Å². The van der Waals surface area contributed by atoms with Gasteiger partial charge in [-0.05, 0) is 30.2 Å². The largest absolute Gasteiger partial charge is 0.321 e. The van der Waals surface area contributed by atoms with Gasteiger partial charge in [0.1, 0.15) is 17.5 Å². The van der Waals surface area contributed by atoms with Crippen molar-refractivity contribution in [3.63, 3.8) is 0 Å². The van der Waals surface area contributed by atoms with Crippen molar-refractivity contribution >= 4 is 0 Å². The maximum atomic E-state index is 13.0. The molecule has 2 N–H and O–H groups in total. The molecule has 2 aromatic rings. The normalized spacial score (nSPS) is 12.4. The van der Waals surface area contributed by atoms with Gasteiger partial charge in [-0.25, -0.2) is 18.7 Å². The van der Waals surface area contributed by atoms with Gasteiger partial charge in [0.15, 0.2) is 0 Å². The molecule has 0 spiro atoms. The van der Waals surface area contributed by atoms with E-state index >= 15 is 0 Å². The molecule has 3 nitrogen and oxygen atoms in total. The average Bonchev–Trinajstić information content (AvgIpc) is 2.28. The van der Waals surface area contributed by atoms with Crippen molar-refractivity contribution in [1.82, 2.24) is 9.97 Å². The molecule has 0 fully saturated rings. The molecule has 0 aliphatic rings. The molecular formula is C12H11F2N3. The Morgan fingerprint density at radius 2 is 1.65 bits per heavy atom. The molecule has 5 heteroatoms. The zero-order valence-electron chi connectivity index (χ0n) is 8.98. The first-order valence-corrected chi connectivity index (χ1v) is 5.12. The van der Waals surface area contributed by atoms with Gasteiger partial charge < -0.3 is 5.73 Å². The van der Waals surface area contributed by atoms with Crippen molar-refractivity contribution in [2.24, 2.45) is 5.73 Å². The summed E-state index contributed by atoms with van der Waals surface area (Å²) in [7, 11) is 0. The molecule has 17 heavy (non-hydrogen) atoms. The van der Waals surface area contributed by atoms with Crippen LogP contribution in [-0.2, 0) is 6.42 Å². The van der Waals surface area contributed by atoms with Crippen LogP contribution in [0.2, 0.25) is 0 Å². The quantitative estimate of drug-likeness (QED) is 0.885. The Morgan fingerprint density at radius 3 is 2.24 bits per heavy atom. The highest BCUT2D eigenvalue weighted by atomic mass is 19.1. The van der Waals surface area contributed by atoms with Crippen LogP contribution >= 0.6 is 0 Å². The lowest BCUT2D eigenvalue weighted by molar-refractivity contribution is 0.574. The summed E-state index contributed by atoms with van der Waals surface area (Å²) < 4.78 is 25.9. The summed E-state index contributed by atoms with van der Waals surface area (Å²) in [5, 5.41) is 0. The molecule has 0 aliphatic carbocycles. The first-order valence-electron chi connectivity index (χ1n) is 5.12. The lowest BCUT2D eigenvalue weighted by Crippen LogP contribution is -2.16. The van der Waals surface area contributed by atoms with Crippen molar-refractivity contribution in [1.29, 1.82) is 0 Å². The standard InChI is InChI=1S/C12H11F2N3/c13-9-4-8(5-10(14)7-9)6-11(15)12-16-2-1-3-17-12/h1-5,7,11H,6,15H2. The zero-order chi connectivity index (χ0) is 12.3. The summed E-state index contributed by atoms with van der Waals surface area (Å²) >= 11 is 0. The van der Waals surface area contributed by atoms with Crippen molar-refractivity contribution in [3.8, 4) is 0 Å². The minimum absolute atomic E-state index is 0.290. The number of hydrogen-bond donors (Lipinski definition) is 1. The molecule has 88 valence electrons. The van der Waals surface area contributed by atoms with Crippen LogP contribution < -0.4 is 5.73 Å². The Balaban J connectivity index is 2.16. The monoisotopic (exact) mass is 235 g/mol. The Morgan fingerprint density at radius 1 is 1.06 bits per heavy atom. The fourth-order valence-electron chi connectivity index (χ4n) is 1.58. The second-order valence-electron chi connectivity index (χ2n) is 3.70. The summed E-state index contributed by atoms with van der Waals surface area (Å²) in [6.07, 6.45) is 3.45. The van der Waals surface area contributed by atoms with Gasteiger partial charge in [-0.2, -0.15) is 0 Å². The van der Waals surface area contributed by atoms with Crippen LogP contribution in [0.15, 0.2) is 36.7 Å². The van der Waals surface area contributed by atoms with Crippen LogP contribution in [0.4, 0.5) is 8.78 Å². The highest BCUT2D eigenvalue weighted by molar-refractivity contribution is 5.19. The minimum Gasteiger partial charge on any atom is -0.321 e. The second-order valence-corrected chi connectivity index (χ2v) is 3.70. The van der Waals surface area contributed by atoms with E-state index in [9.17, 15) is 8.78 Å². The predicted octanol–water partition coefficient (Wildman–Crippen LogP) is 2.00. The number of nitrogens with two attached hydrogens (primary N) is 1. The molecule has 0 bridgehead atoms. The Kier molecular flexibility index (Phi) is 3.39. The van der Waals surface area contributed by atoms with Gasteiger partial charge in [-0.15, -0.1) is 0 Å². The Bertz CT molecular complexity index is 482. The molecule has 1 atom stereocenters. The molecular weight excluding hydrogens is 224 g/mol. The highest BCUT2D eigenvalue weighted by Gasteiger charge is 2.10. The number of halogens is 2. The summed E-state index contributed by atoms with van der Waals surface area (Å²) in [6.45, 7) is 0. The number of benzene rings is 1. The van der Waals surface area contributed by atoms with Gasteiger partial charge >= 0.3 is 0 Å². The Hall–Kier alpha value is -1.88. The highest BCUT2D eigenvalue weighted by Crippen LogP contribution is 2.14. The molecule has 1 aromatic carbocycles.